The van der Waals surface area contributed by atoms with E-state index in [4.69, 9.17) is 4.42 Å². The van der Waals surface area contributed by atoms with E-state index in [-0.39, 0.29) is 24.6 Å². The highest BCUT2D eigenvalue weighted by Gasteiger charge is 2.45. The number of aliphatic carboxylic acids is 2. The highest BCUT2D eigenvalue weighted by molar-refractivity contribution is 5.88. The van der Waals surface area contributed by atoms with Crippen LogP contribution in [0.4, 0.5) is 0 Å². The van der Waals surface area contributed by atoms with Crippen molar-refractivity contribution in [2.24, 2.45) is 11.3 Å². The van der Waals surface area contributed by atoms with Crippen LogP contribution in [0.1, 0.15) is 57.8 Å². The number of benzene rings is 1. The Labute approximate surface area is 187 Å². The normalized spacial score (nSPS) is 16.9. The number of hydrogen-bond donors (Lipinski definition) is 3. The molecule has 2 atom stereocenters. The molecule has 0 bridgehead atoms. The van der Waals surface area contributed by atoms with Gasteiger partial charge < -0.3 is 19.9 Å². The summed E-state index contributed by atoms with van der Waals surface area (Å²) in [6, 6.07) is 8.12. The van der Waals surface area contributed by atoms with Crippen molar-refractivity contribution in [3.05, 3.63) is 42.4 Å². The molecule has 3 rings (SSSR count). The van der Waals surface area contributed by atoms with Crippen LogP contribution in [0, 0.1) is 11.3 Å². The van der Waals surface area contributed by atoms with Crippen molar-refractivity contribution < 1.29 is 29.0 Å². The summed E-state index contributed by atoms with van der Waals surface area (Å²) in [5.74, 6) is -2.37. The molecular weight excluding hydrogens is 412 g/mol. The highest BCUT2D eigenvalue weighted by atomic mass is 16.4. The van der Waals surface area contributed by atoms with Crippen molar-refractivity contribution in [3.63, 3.8) is 0 Å². The van der Waals surface area contributed by atoms with Gasteiger partial charge in [-0.1, -0.05) is 56.5 Å². The van der Waals surface area contributed by atoms with Gasteiger partial charge in [-0.3, -0.25) is 9.59 Å². The molecule has 1 aliphatic rings. The summed E-state index contributed by atoms with van der Waals surface area (Å²) in [7, 11) is 0. The molecule has 0 aliphatic heterocycles. The molecule has 32 heavy (non-hydrogen) atoms. The first-order chi connectivity index (χ1) is 15.3. The first-order valence-electron chi connectivity index (χ1n) is 11.1. The van der Waals surface area contributed by atoms with Gasteiger partial charge in [0, 0.05) is 5.56 Å². The topological polar surface area (TPSA) is 130 Å². The molecule has 0 saturated heterocycles. The highest BCUT2D eigenvalue weighted by Crippen LogP contribution is 2.44. The standard InChI is InChI=1S/C24H30N2O6/c1-2-8-17(21(27)28)14-24(11-6-7-12-24)23(31)26-18(22(29)30)13-20-25-15-19(32-20)16-9-4-3-5-10-16/h3-5,9-10,15,17-18H,2,6-8,11-14H2,1H3,(H,26,31)(H,27,28)(H,29,30)/t17-,18+/m1/s1. The van der Waals surface area contributed by atoms with Crippen molar-refractivity contribution in [2.75, 3.05) is 0 Å². The van der Waals surface area contributed by atoms with Crippen LogP contribution < -0.4 is 5.32 Å². The molecule has 1 aliphatic carbocycles. The van der Waals surface area contributed by atoms with Crippen molar-refractivity contribution >= 4 is 17.8 Å². The summed E-state index contributed by atoms with van der Waals surface area (Å²) < 4.78 is 5.71. The lowest BCUT2D eigenvalue weighted by Gasteiger charge is -2.31. The molecule has 1 heterocycles. The molecule has 0 unspecified atom stereocenters. The maximum Gasteiger partial charge on any atom is 0.326 e. The lowest BCUT2D eigenvalue weighted by Crippen LogP contribution is -2.49. The number of hydrogen-bond acceptors (Lipinski definition) is 5. The lowest BCUT2D eigenvalue weighted by molar-refractivity contribution is -0.147. The Bertz CT molecular complexity index is 933. The third kappa shape index (κ3) is 5.55. The monoisotopic (exact) mass is 442 g/mol. The van der Waals surface area contributed by atoms with Crippen LogP contribution in [-0.2, 0) is 20.8 Å². The number of carbonyl (C=O) groups is 3. The van der Waals surface area contributed by atoms with E-state index in [1.807, 2.05) is 37.3 Å². The third-order valence-electron chi connectivity index (χ3n) is 6.26. The summed E-state index contributed by atoms with van der Waals surface area (Å²) in [6.45, 7) is 1.91. The maximum atomic E-state index is 13.2. The number of carbonyl (C=O) groups excluding carboxylic acids is 1. The summed E-state index contributed by atoms with van der Waals surface area (Å²) in [5.41, 5.74) is -0.0275. The van der Waals surface area contributed by atoms with Gasteiger partial charge in [0.25, 0.3) is 0 Å². The van der Waals surface area contributed by atoms with Crippen LogP contribution in [0.3, 0.4) is 0 Å². The van der Waals surface area contributed by atoms with Gasteiger partial charge in [-0.25, -0.2) is 9.78 Å². The van der Waals surface area contributed by atoms with Crippen molar-refractivity contribution in [2.45, 2.75) is 64.3 Å². The molecule has 1 aromatic heterocycles. The smallest absolute Gasteiger partial charge is 0.326 e. The SMILES string of the molecule is CCC[C@H](CC1(C(=O)N[C@@H](Cc2ncc(-c3ccccc3)o2)C(=O)O)CCCC1)C(=O)O. The zero-order valence-electron chi connectivity index (χ0n) is 18.3. The summed E-state index contributed by atoms with van der Waals surface area (Å²) in [6.07, 6.45) is 5.64. The average Bonchev–Trinajstić information content (AvgIpc) is 3.44. The molecule has 2 aromatic rings. The molecule has 8 nitrogen and oxygen atoms in total. The van der Waals surface area contributed by atoms with E-state index >= 15 is 0 Å². The minimum Gasteiger partial charge on any atom is -0.481 e. The number of nitrogens with zero attached hydrogens (tertiary/aromatic N) is 1. The maximum absolute atomic E-state index is 13.2. The lowest BCUT2D eigenvalue weighted by atomic mass is 9.75. The molecule has 1 saturated carbocycles. The van der Waals surface area contributed by atoms with E-state index in [9.17, 15) is 24.6 Å². The molecule has 0 spiro atoms. The number of carboxylic acids is 2. The molecule has 1 fully saturated rings. The van der Waals surface area contributed by atoms with Gasteiger partial charge >= 0.3 is 11.9 Å². The Morgan fingerprint density at radius 2 is 1.81 bits per heavy atom. The number of oxazole rings is 1. The van der Waals surface area contributed by atoms with Crippen LogP contribution in [-0.4, -0.2) is 39.1 Å². The Kier molecular flexibility index (Phi) is 7.66. The van der Waals surface area contributed by atoms with Crippen LogP contribution in [0.25, 0.3) is 11.3 Å². The first kappa shape index (κ1) is 23.5. The van der Waals surface area contributed by atoms with Crippen LogP contribution in [0.5, 0.6) is 0 Å². The number of amides is 1. The van der Waals surface area contributed by atoms with Gasteiger partial charge in [-0.2, -0.15) is 0 Å². The van der Waals surface area contributed by atoms with Gasteiger partial charge in [-0.15, -0.1) is 0 Å². The number of nitrogens with one attached hydrogen (secondary N) is 1. The fourth-order valence-electron chi connectivity index (χ4n) is 4.54. The zero-order valence-corrected chi connectivity index (χ0v) is 18.3. The fraction of sp³-hybridized carbons (Fsp3) is 0.500. The Balaban J connectivity index is 1.73. The molecular formula is C24H30N2O6. The predicted octanol–water partition coefficient (Wildman–Crippen LogP) is 3.90. The molecule has 172 valence electrons. The Morgan fingerprint density at radius 1 is 1.12 bits per heavy atom. The van der Waals surface area contributed by atoms with Gasteiger partial charge in [0.15, 0.2) is 11.7 Å². The minimum atomic E-state index is -1.21. The van der Waals surface area contributed by atoms with E-state index in [1.54, 1.807) is 0 Å². The van der Waals surface area contributed by atoms with E-state index in [2.05, 4.69) is 10.3 Å². The van der Waals surface area contributed by atoms with Gasteiger partial charge in [0.05, 0.1) is 24.0 Å². The minimum absolute atomic E-state index is 0.0959. The fourth-order valence-corrected chi connectivity index (χ4v) is 4.54. The molecule has 1 amide bonds. The Morgan fingerprint density at radius 3 is 2.41 bits per heavy atom. The second-order valence-electron chi connectivity index (χ2n) is 8.57. The second-order valence-corrected chi connectivity index (χ2v) is 8.57. The molecule has 0 radical (unpaired) electrons. The van der Waals surface area contributed by atoms with Gasteiger partial charge in [0.1, 0.15) is 6.04 Å². The van der Waals surface area contributed by atoms with E-state index < -0.39 is 29.3 Å². The molecule has 3 N–H and O–H groups in total. The number of aromatic nitrogens is 1. The van der Waals surface area contributed by atoms with Crippen molar-refractivity contribution in [3.8, 4) is 11.3 Å². The molecule has 8 heteroatoms. The number of carboxylic acid groups (broad SMARTS) is 2. The summed E-state index contributed by atoms with van der Waals surface area (Å²) in [5, 5.41) is 21.9. The predicted molar refractivity (Wildman–Crippen MR) is 117 cm³/mol. The summed E-state index contributed by atoms with van der Waals surface area (Å²) >= 11 is 0. The van der Waals surface area contributed by atoms with Gasteiger partial charge in [0.2, 0.25) is 5.91 Å². The quantitative estimate of drug-likeness (QED) is 0.481. The third-order valence-corrected chi connectivity index (χ3v) is 6.26. The Hall–Kier alpha value is -3.16. The number of rotatable bonds is 11. The van der Waals surface area contributed by atoms with E-state index in [0.717, 1.165) is 18.4 Å². The van der Waals surface area contributed by atoms with E-state index in [1.165, 1.54) is 6.20 Å². The zero-order chi connectivity index (χ0) is 23.1. The van der Waals surface area contributed by atoms with Gasteiger partial charge in [-0.05, 0) is 25.7 Å². The average molecular weight is 443 g/mol. The first-order valence-corrected chi connectivity index (χ1v) is 11.1. The van der Waals surface area contributed by atoms with Crippen LogP contribution >= 0.6 is 0 Å². The van der Waals surface area contributed by atoms with Crippen LogP contribution in [0.2, 0.25) is 0 Å². The van der Waals surface area contributed by atoms with Crippen molar-refractivity contribution in [1.82, 2.24) is 10.3 Å². The second kappa shape index (κ2) is 10.4. The summed E-state index contributed by atoms with van der Waals surface area (Å²) in [4.78, 5) is 41.0. The molecule has 1 aromatic carbocycles. The largest absolute Gasteiger partial charge is 0.481 e. The van der Waals surface area contributed by atoms with Crippen LogP contribution in [0.15, 0.2) is 40.9 Å². The van der Waals surface area contributed by atoms with Crippen molar-refractivity contribution in [1.29, 1.82) is 0 Å². The van der Waals surface area contributed by atoms with E-state index in [0.29, 0.717) is 31.4 Å².